The number of aryl methyl sites for hydroxylation is 2. The van der Waals surface area contributed by atoms with Gasteiger partial charge in [-0.05, 0) is 60.0 Å². The molecule has 0 spiro atoms. The van der Waals surface area contributed by atoms with E-state index in [1.54, 1.807) is 42.5 Å². The van der Waals surface area contributed by atoms with Crippen LogP contribution in [-0.2, 0) is 0 Å². The van der Waals surface area contributed by atoms with Crippen LogP contribution in [0.4, 0.5) is 0 Å². The number of hydrogen-bond donors (Lipinski definition) is 2. The first-order valence-corrected chi connectivity index (χ1v) is 10.2. The van der Waals surface area contributed by atoms with E-state index in [1.807, 2.05) is 56.3 Å². The van der Waals surface area contributed by atoms with E-state index in [0.717, 1.165) is 21.9 Å². The lowest BCUT2D eigenvalue weighted by Gasteiger charge is -2.12. The summed E-state index contributed by atoms with van der Waals surface area (Å²) < 4.78 is 0. The van der Waals surface area contributed by atoms with Crippen molar-refractivity contribution in [3.63, 3.8) is 0 Å². The van der Waals surface area contributed by atoms with Gasteiger partial charge in [-0.1, -0.05) is 60.7 Å². The van der Waals surface area contributed by atoms with Gasteiger partial charge >= 0.3 is 0 Å². The second-order valence-electron chi connectivity index (χ2n) is 7.64. The number of benzene rings is 4. The molecule has 158 valence electrons. The highest BCUT2D eigenvalue weighted by molar-refractivity contribution is 6.15. The first-order valence-electron chi connectivity index (χ1n) is 10.2. The molecular weight excluding hydrogens is 400 g/mol. The molecule has 0 radical (unpaired) electrons. The zero-order chi connectivity index (χ0) is 22.7. The Morgan fingerprint density at radius 2 is 1.19 bits per heavy atom. The summed E-state index contributed by atoms with van der Waals surface area (Å²) in [6.45, 7) is 3.91. The Kier molecular flexibility index (Phi) is 5.81. The first-order chi connectivity index (χ1) is 15.4. The lowest BCUT2D eigenvalue weighted by atomic mass is 9.96. The summed E-state index contributed by atoms with van der Waals surface area (Å²) in [5.74, 6) is -1.26. The summed E-state index contributed by atoms with van der Waals surface area (Å²) in [4.78, 5) is 38.4. The van der Waals surface area contributed by atoms with Crippen LogP contribution in [0.5, 0.6) is 0 Å². The van der Waals surface area contributed by atoms with Crippen molar-refractivity contribution in [3.8, 4) is 0 Å². The van der Waals surface area contributed by atoms with Crippen molar-refractivity contribution in [2.75, 3.05) is 0 Å². The quantitative estimate of drug-likeness (QED) is 0.368. The monoisotopic (exact) mass is 422 g/mol. The van der Waals surface area contributed by atoms with Gasteiger partial charge in [-0.3, -0.25) is 25.2 Å². The smallest absolute Gasteiger partial charge is 0.270 e. The number of hydrazine groups is 1. The Hall–Kier alpha value is -4.25. The van der Waals surface area contributed by atoms with E-state index in [4.69, 9.17) is 0 Å². The predicted octanol–water partition coefficient (Wildman–Crippen LogP) is 4.76. The van der Waals surface area contributed by atoms with Crippen LogP contribution in [0.1, 0.15) is 47.8 Å². The highest BCUT2D eigenvalue weighted by Gasteiger charge is 2.19. The number of ketones is 1. The molecule has 5 heteroatoms. The standard InChI is InChI=1S/C27H22N2O3/c1-17-11-12-21(15-18(17)2)25(30)23-9-5-6-10-24(23)27(32)29-28-26(31)22-14-13-19-7-3-4-8-20(19)16-22/h3-16H,1-2H3,(H,28,31)(H,29,32). The van der Waals surface area contributed by atoms with Crippen LogP contribution < -0.4 is 10.9 Å². The highest BCUT2D eigenvalue weighted by atomic mass is 16.2. The molecule has 4 rings (SSSR count). The third kappa shape index (κ3) is 4.27. The fourth-order valence-electron chi connectivity index (χ4n) is 3.50. The Morgan fingerprint density at radius 1 is 0.562 bits per heavy atom. The van der Waals surface area contributed by atoms with Crippen LogP contribution in [0, 0.1) is 13.8 Å². The number of amides is 2. The van der Waals surface area contributed by atoms with Crippen LogP contribution >= 0.6 is 0 Å². The minimum absolute atomic E-state index is 0.189. The summed E-state index contributed by atoms with van der Waals surface area (Å²) in [7, 11) is 0. The molecule has 0 saturated heterocycles. The number of carbonyl (C=O) groups is 3. The number of carbonyl (C=O) groups excluding carboxylic acids is 3. The molecule has 0 aliphatic rings. The topological polar surface area (TPSA) is 75.3 Å². The van der Waals surface area contributed by atoms with Crippen LogP contribution in [0.2, 0.25) is 0 Å². The summed E-state index contributed by atoms with van der Waals surface area (Å²) >= 11 is 0. The molecule has 32 heavy (non-hydrogen) atoms. The van der Waals surface area contributed by atoms with Crippen molar-refractivity contribution in [2.45, 2.75) is 13.8 Å². The fourth-order valence-corrected chi connectivity index (χ4v) is 3.50. The van der Waals surface area contributed by atoms with E-state index in [0.29, 0.717) is 11.1 Å². The Balaban J connectivity index is 1.51. The zero-order valence-electron chi connectivity index (χ0n) is 17.8. The Labute approximate surface area is 186 Å². The fraction of sp³-hybridized carbons (Fsp3) is 0.0741. The molecule has 4 aromatic carbocycles. The summed E-state index contributed by atoms with van der Waals surface area (Å²) in [6.07, 6.45) is 0. The number of rotatable bonds is 4. The SMILES string of the molecule is Cc1ccc(C(=O)c2ccccc2C(=O)NNC(=O)c2ccc3ccccc3c2)cc1C. The maximum Gasteiger partial charge on any atom is 0.270 e. The minimum Gasteiger partial charge on any atom is -0.289 e. The maximum atomic E-state index is 13.1. The molecule has 5 nitrogen and oxygen atoms in total. The van der Waals surface area contributed by atoms with Gasteiger partial charge in [0.15, 0.2) is 5.78 Å². The molecule has 0 aliphatic carbocycles. The molecule has 0 fully saturated rings. The predicted molar refractivity (Wildman–Crippen MR) is 125 cm³/mol. The highest BCUT2D eigenvalue weighted by Crippen LogP contribution is 2.18. The van der Waals surface area contributed by atoms with Crippen LogP contribution in [0.15, 0.2) is 84.9 Å². The Bertz CT molecular complexity index is 1360. The zero-order valence-corrected chi connectivity index (χ0v) is 17.8. The van der Waals surface area contributed by atoms with Crippen molar-refractivity contribution in [2.24, 2.45) is 0 Å². The van der Waals surface area contributed by atoms with E-state index in [2.05, 4.69) is 10.9 Å². The first kappa shape index (κ1) is 21.0. The van der Waals surface area contributed by atoms with Crippen molar-refractivity contribution < 1.29 is 14.4 Å². The molecule has 0 saturated carbocycles. The van der Waals surface area contributed by atoms with Gasteiger partial charge in [0.1, 0.15) is 0 Å². The van der Waals surface area contributed by atoms with E-state index in [-0.39, 0.29) is 16.9 Å². The van der Waals surface area contributed by atoms with Crippen LogP contribution in [-0.4, -0.2) is 17.6 Å². The van der Waals surface area contributed by atoms with Gasteiger partial charge in [0.25, 0.3) is 11.8 Å². The van der Waals surface area contributed by atoms with Crippen molar-refractivity contribution in [3.05, 3.63) is 118 Å². The second-order valence-corrected chi connectivity index (χ2v) is 7.64. The van der Waals surface area contributed by atoms with Gasteiger partial charge in [-0.15, -0.1) is 0 Å². The van der Waals surface area contributed by atoms with Gasteiger partial charge < -0.3 is 0 Å². The minimum atomic E-state index is -0.563. The normalized spacial score (nSPS) is 10.6. The lowest BCUT2D eigenvalue weighted by Crippen LogP contribution is -2.42. The molecule has 2 N–H and O–H groups in total. The third-order valence-electron chi connectivity index (χ3n) is 5.49. The van der Waals surface area contributed by atoms with Gasteiger partial charge in [-0.2, -0.15) is 0 Å². The van der Waals surface area contributed by atoms with Crippen LogP contribution in [0.25, 0.3) is 10.8 Å². The number of fused-ring (bicyclic) bond motifs is 1. The summed E-state index contributed by atoms with van der Waals surface area (Å²) in [6, 6.07) is 25.0. The van der Waals surface area contributed by atoms with Gasteiger partial charge in [0.2, 0.25) is 0 Å². The Morgan fingerprint density at radius 3 is 1.94 bits per heavy atom. The molecule has 4 aromatic rings. The average molecular weight is 422 g/mol. The van der Waals surface area contributed by atoms with Gasteiger partial charge in [0, 0.05) is 16.7 Å². The molecule has 0 aromatic heterocycles. The van der Waals surface area contributed by atoms with Gasteiger partial charge in [0.05, 0.1) is 5.56 Å². The van der Waals surface area contributed by atoms with Crippen molar-refractivity contribution >= 4 is 28.4 Å². The number of nitrogens with one attached hydrogen (secondary N) is 2. The molecule has 0 atom stereocenters. The largest absolute Gasteiger partial charge is 0.289 e. The van der Waals surface area contributed by atoms with Gasteiger partial charge in [-0.25, -0.2) is 0 Å². The van der Waals surface area contributed by atoms with Crippen molar-refractivity contribution in [1.29, 1.82) is 0 Å². The van der Waals surface area contributed by atoms with E-state index >= 15 is 0 Å². The summed E-state index contributed by atoms with van der Waals surface area (Å²) in [5, 5.41) is 1.95. The molecule has 2 amide bonds. The average Bonchev–Trinajstić information content (AvgIpc) is 2.83. The van der Waals surface area contributed by atoms with Crippen molar-refractivity contribution in [1.82, 2.24) is 10.9 Å². The van der Waals surface area contributed by atoms with Crippen LogP contribution in [0.3, 0.4) is 0 Å². The molecular formula is C27H22N2O3. The molecule has 0 heterocycles. The summed E-state index contributed by atoms with van der Waals surface area (Å²) in [5.41, 5.74) is 8.33. The molecule has 0 bridgehead atoms. The van der Waals surface area contributed by atoms with E-state index in [1.165, 1.54) is 0 Å². The molecule has 0 aliphatic heterocycles. The van der Waals surface area contributed by atoms with E-state index in [9.17, 15) is 14.4 Å². The van der Waals surface area contributed by atoms with E-state index < -0.39 is 11.8 Å². The molecule has 0 unspecified atom stereocenters. The third-order valence-corrected chi connectivity index (χ3v) is 5.49. The maximum absolute atomic E-state index is 13.1. The lowest BCUT2D eigenvalue weighted by molar-refractivity contribution is 0.0845. The second kappa shape index (κ2) is 8.86. The number of hydrogen-bond acceptors (Lipinski definition) is 3.